The molecule has 6 nitrogen and oxygen atoms in total. The summed E-state index contributed by atoms with van der Waals surface area (Å²) in [6.45, 7) is 1.98. The zero-order valence-corrected chi connectivity index (χ0v) is 14.4. The topological polar surface area (TPSA) is 87.7 Å². The van der Waals surface area contributed by atoms with Crippen molar-refractivity contribution in [2.75, 3.05) is 11.1 Å². The summed E-state index contributed by atoms with van der Waals surface area (Å²) < 4.78 is 0. The average molecular weight is 358 g/mol. The third-order valence-electron chi connectivity index (χ3n) is 3.08. The number of rotatable bonds is 5. The SMILES string of the molecule is Cc1sc(NC(=O)CSc2nccc(=O)[nH]2)nc1-c1ccccc1. The summed E-state index contributed by atoms with van der Waals surface area (Å²) in [5.74, 6) is -0.0495. The fourth-order valence-corrected chi connectivity index (χ4v) is 3.53. The van der Waals surface area contributed by atoms with Gasteiger partial charge in [0.1, 0.15) is 0 Å². The van der Waals surface area contributed by atoms with Crippen molar-refractivity contribution in [2.45, 2.75) is 12.1 Å². The number of anilines is 1. The van der Waals surface area contributed by atoms with E-state index in [9.17, 15) is 9.59 Å². The lowest BCUT2D eigenvalue weighted by atomic mass is 10.1. The Balaban J connectivity index is 1.64. The van der Waals surface area contributed by atoms with E-state index in [1.165, 1.54) is 35.4 Å². The maximum Gasteiger partial charge on any atom is 0.251 e. The van der Waals surface area contributed by atoms with Gasteiger partial charge in [0.05, 0.1) is 11.4 Å². The third-order valence-corrected chi connectivity index (χ3v) is 4.85. The highest BCUT2D eigenvalue weighted by Crippen LogP contribution is 2.30. The molecule has 0 spiro atoms. The Morgan fingerprint density at radius 1 is 1.29 bits per heavy atom. The lowest BCUT2D eigenvalue weighted by Crippen LogP contribution is -2.15. The van der Waals surface area contributed by atoms with Crippen molar-refractivity contribution in [3.63, 3.8) is 0 Å². The predicted molar refractivity (Wildman–Crippen MR) is 96.5 cm³/mol. The number of nitrogens with one attached hydrogen (secondary N) is 2. The van der Waals surface area contributed by atoms with Gasteiger partial charge in [0.2, 0.25) is 5.91 Å². The molecule has 0 bridgehead atoms. The predicted octanol–water partition coefficient (Wildman–Crippen LogP) is 2.93. The number of carbonyl (C=O) groups is 1. The van der Waals surface area contributed by atoms with Crippen LogP contribution in [0.15, 0.2) is 52.5 Å². The largest absolute Gasteiger partial charge is 0.301 e. The highest BCUT2D eigenvalue weighted by molar-refractivity contribution is 7.99. The van der Waals surface area contributed by atoms with Crippen LogP contribution in [0.4, 0.5) is 5.13 Å². The second-order valence-corrected chi connectivity index (χ2v) is 7.03. The monoisotopic (exact) mass is 358 g/mol. The standard InChI is InChI=1S/C16H14N4O2S2/c1-10-14(11-5-3-2-4-6-11)20-16(24-10)19-13(22)9-23-15-17-8-7-12(21)18-15/h2-8H,9H2,1H3,(H,17,18,21)(H,19,20,22). The number of aromatic nitrogens is 3. The fraction of sp³-hybridized carbons (Fsp3) is 0.125. The van der Waals surface area contributed by atoms with Crippen molar-refractivity contribution in [2.24, 2.45) is 0 Å². The van der Waals surface area contributed by atoms with Gasteiger partial charge in [-0.2, -0.15) is 0 Å². The first kappa shape index (κ1) is 16.4. The second-order valence-electron chi connectivity index (χ2n) is 4.87. The molecule has 0 aliphatic carbocycles. The van der Waals surface area contributed by atoms with Gasteiger partial charge < -0.3 is 10.3 Å². The molecular formula is C16H14N4O2S2. The number of hydrogen-bond donors (Lipinski definition) is 2. The van der Waals surface area contributed by atoms with Gasteiger partial charge in [-0.3, -0.25) is 9.59 Å². The summed E-state index contributed by atoms with van der Waals surface area (Å²) in [6.07, 6.45) is 1.41. The molecule has 0 atom stereocenters. The molecular weight excluding hydrogens is 344 g/mol. The molecule has 8 heteroatoms. The number of carbonyl (C=O) groups excluding carboxylic acids is 1. The van der Waals surface area contributed by atoms with Crippen molar-refractivity contribution in [3.8, 4) is 11.3 Å². The van der Waals surface area contributed by atoms with E-state index in [0.29, 0.717) is 10.3 Å². The zero-order chi connectivity index (χ0) is 16.9. The highest BCUT2D eigenvalue weighted by Gasteiger charge is 2.12. The molecule has 3 aromatic rings. The molecule has 0 saturated heterocycles. The normalized spacial score (nSPS) is 10.5. The van der Waals surface area contributed by atoms with E-state index in [2.05, 4.69) is 20.3 Å². The third kappa shape index (κ3) is 4.09. The van der Waals surface area contributed by atoms with Crippen LogP contribution < -0.4 is 10.9 Å². The molecule has 122 valence electrons. The van der Waals surface area contributed by atoms with Crippen molar-refractivity contribution in [1.82, 2.24) is 15.0 Å². The second kappa shape index (κ2) is 7.41. The minimum atomic E-state index is -0.240. The van der Waals surface area contributed by atoms with Crippen LogP contribution in [0.25, 0.3) is 11.3 Å². The summed E-state index contributed by atoms with van der Waals surface area (Å²) in [4.78, 5) is 35.3. The van der Waals surface area contributed by atoms with Gasteiger partial charge in [-0.15, -0.1) is 11.3 Å². The summed E-state index contributed by atoms with van der Waals surface area (Å²) in [5.41, 5.74) is 1.65. The van der Waals surface area contributed by atoms with Gasteiger partial charge in [-0.05, 0) is 6.92 Å². The molecule has 1 aromatic carbocycles. The summed E-state index contributed by atoms with van der Waals surface area (Å²) in [6, 6.07) is 11.2. The molecule has 24 heavy (non-hydrogen) atoms. The summed E-state index contributed by atoms with van der Waals surface area (Å²) in [7, 11) is 0. The number of benzene rings is 1. The van der Waals surface area contributed by atoms with Crippen LogP contribution in [0, 0.1) is 6.92 Å². The van der Waals surface area contributed by atoms with E-state index in [-0.39, 0.29) is 17.2 Å². The number of H-pyrrole nitrogens is 1. The van der Waals surface area contributed by atoms with Crippen molar-refractivity contribution in [3.05, 3.63) is 57.8 Å². The number of thiazole rings is 1. The molecule has 3 rings (SSSR count). The molecule has 0 aliphatic rings. The fourth-order valence-electron chi connectivity index (χ4n) is 2.03. The maximum absolute atomic E-state index is 12.0. The van der Waals surface area contributed by atoms with E-state index < -0.39 is 0 Å². The van der Waals surface area contributed by atoms with Crippen LogP contribution in [-0.4, -0.2) is 26.6 Å². The molecule has 0 radical (unpaired) electrons. The Bertz CT molecular complexity index is 906. The van der Waals surface area contributed by atoms with E-state index in [1.807, 2.05) is 37.3 Å². The first-order valence-electron chi connectivity index (χ1n) is 7.12. The minimum absolute atomic E-state index is 0.145. The van der Waals surface area contributed by atoms with Gasteiger partial charge in [0.15, 0.2) is 10.3 Å². The number of amides is 1. The van der Waals surface area contributed by atoms with E-state index >= 15 is 0 Å². The van der Waals surface area contributed by atoms with Crippen molar-refractivity contribution < 1.29 is 4.79 Å². The first-order chi connectivity index (χ1) is 11.6. The van der Waals surface area contributed by atoms with Crippen molar-refractivity contribution in [1.29, 1.82) is 0 Å². The maximum atomic E-state index is 12.0. The molecule has 2 N–H and O–H groups in total. The highest BCUT2D eigenvalue weighted by atomic mass is 32.2. The molecule has 0 unspecified atom stereocenters. The smallest absolute Gasteiger partial charge is 0.251 e. The Morgan fingerprint density at radius 3 is 2.83 bits per heavy atom. The number of nitrogens with zero attached hydrogens (tertiary/aromatic N) is 2. The van der Waals surface area contributed by atoms with Crippen LogP contribution >= 0.6 is 23.1 Å². The van der Waals surface area contributed by atoms with Gasteiger partial charge >= 0.3 is 0 Å². The Labute approximate surface area is 146 Å². The Kier molecular flexibility index (Phi) is 5.07. The van der Waals surface area contributed by atoms with Gasteiger partial charge in [-0.25, -0.2) is 9.97 Å². The number of aromatic amines is 1. The number of aryl methyl sites for hydroxylation is 1. The van der Waals surface area contributed by atoms with Crippen LogP contribution in [0.1, 0.15) is 4.88 Å². The van der Waals surface area contributed by atoms with Crippen LogP contribution in [0.5, 0.6) is 0 Å². The van der Waals surface area contributed by atoms with Gasteiger partial charge in [0, 0.05) is 22.7 Å². The molecule has 2 aromatic heterocycles. The van der Waals surface area contributed by atoms with E-state index in [1.54, 1.807) is 0 Å². The Hall–Kier alpha value is -2.45. The van der Waals surface area contributed by atoms with Crippen LogP contribution in [-0.2, 0) is 4.79 Å². The number of thioether (sulfide) groups is 1. The van der Waals surface area contributed by atoms with Crippen LogP contribution in [0.3, 0.4) is 0 Å². The molecule has 2 heterocycles. The summed E-state index contributed by atoms with van der Waals surface area (Å²) in [5, 5.41) is 3.76. The zero-order valence-electron chi connectivity index (χ0n) is 12.8. The van der Waals surface area contributed by atoms with Crippen molar-refractivity contribution >= 4 is 34.1 Å². The average Bonchev–Trinajstić information content (AvgIpc) is 2.94. The van der Waals surface area contributed by atoms with Crippen LogP contribution in [0.2, 0.25) is 0 Å². The summed E-state index contributed by atoms with van der Waals surface area (Å²) >= 11 is 2.60. The van der Waals surface area contributed by atoms with Gasteiger partial charge in [-0.1, -0.05) is 42.1 Å². The minimum Gasteiger partial charge on any atom is -0.301 e. The lowest BCUT2D eigenvalue weighted by molar-refractivity contribution is -0.113. The molecule has 0 saturated carbocycles. The molecule has 1 amide bonds. The van der Waals surface area contributed by atoms with E-state index in [4.69, 9.17) is 0 Å². The molecule has 0 aliphatic heterocycles. The van der Waals surface area contributed by atoms with Gasteiger partial charge in [0.25, 0.3) is 5.56 Å². The quantitative estimate of drug-likeness (QED) is 0.541. The first-order valence-corrected chi connectivity index (χ1v) is 8.93. The lowest BCUT2D eigenvalue weighted by Gasteiger charge is -2.01. The van der Waals surface area contributed by atoms with E-state index in [0.717, 1.165) is 16.1 Å². The Morgan fingerprint density at radius 2 is 2.08 bits per heavy atom. The number of hydrogen-bond acceptors (Lipinski definition) is 6. The molecule has 0 fully saturated rings.